The van der Waals surface area contributed by atoms with Gasteiger partial charge in [0.1, 0.15) is 0 Å². The van der Waals surface area contributed by atoms with Crippen LogP contribution in [0.5, 0.6) is 0 Å². The van der Waals surface area contributed by atoms with Crippen molar-refractivity contribution in [3.63, 3.8) is 0 Å². The lowest BCUT2D eigenvalue weighted by Crippen LogP contribution is -2.45. The Kier molecular flexibility index (Phi) is 2.23. The average molecular weight is 313 g/mol. The molecule has 2 aliphatic rings. The van der Waals surface area contributed by atoms with E-state index in [-0.39, 0.29) is 5.91 Å². The van der Waals surface area contributed by atoms with Crippen LogP contribution in [0.2, 0.25) is 0 Å². The number of alkyl halides is 1. The second kappa shape index (κ2) is 3.47. The molecule has 0 unspecified atom stereocenters. The molecular weight excluding hydrogens is 301 g/mol. The van der Waals surface area contributed by atoms with Gasteiger partial charge in [0, 0.05) is 22.1 Å². The average Bonchev–Trinajstić information content (AvgIpc) is 2.52. The molecule has 1 saturated carbocycles. The molecule has 0 bridgehead atoms. The van der Waals surface area contributed by atoms with Crippen molar-refractivity contribution in [1.29, 1.82) is 0 Å². The van der Waals surface area contributed by atoms with E-state index in [2.05, 4.69) is 28.7 Å². The summed E-state index contributed by atoms with van der Waals surface area (Å²) in [6, 6.07) is 8.46. The van der Waals surface area contributed by atoms with Crippen LogP contribution in [-0.2, 0) is 6.54 Å². The highest BCUT2D eigenvalue weighted by atomic mass is 127. The summed E-state index contributed by atoms with van der Waals surface area (Å²) in [6.07, 6.45) is 2.33. The number of amides is 1. The van der Waals surface area contributed by atoms with E-state index in [1.165, 1.54) is 18.4 Å². The zero-order valence-electron chi connectivity index (χ0n) is 8.32. The first-order chi connectivity index (χ1) is 7.25. The molecule has 0 saturated heterocycles. The summed E-state index contributed by atoms with van der Waals surface area (Å²) < 4.78 is 0.768. The van der Waals surface area contributed by atoms with E-state index in [1.807, 2.05) is 23.1 Å². The van der Waals surface area contributed by atoms with E-state index in [9.17, 15) is 4.79 Å². The van der Waals surface area contributed by atoms with Gasteiger partial charge in [-0.3, -0.25) is 4.79 Å². The normalized spacial score (nSPS) is 28.9. The highest BCUT2D eigenvalue weighted by Gasteiger charge is 2.38. The second-order valence-electron chi connectivity index (χ2n) is 4.31. The van der Waals surface area contributed by atoms with Gasteiger partial charge in [0.2, 0.25) is 0 Å². The molecular formula is C12H12INO. The minimum Gasteiger partial charge on any atom is -0.331 e. The van der Waals surface area contributed by atoms with Crippen LogP contribution in [0.4, 0.5) is 0 Å². The molecule has 3 heteroatoms. The van der Waals surface area contributed by atoms with E-state index >= 15 is 0 Å². The van der Waals surface area contributed by atoms with Crippen LogP contribution in [-0.4, -0.2) is 20.8 Å². The Hall–Kier alpha value is -0.580. The van der Waals surface area contributed by atoms with Crippen molar-refractivity contribution in [2.75, 3.05) is 0 Å². The van der Waals surface area contributed by atoms with Crippen LogP contribution >= 0.6 is 22.6 Å². The molecule has 1 fully saturated rings. The number of carbonyl (C=O) groups is 1. The van der Waals surface area contributed by atoms with Gasteiger partial charge in [0.25, 0.3) is 5.91 Å². The first kappa shape index (κ1) is 9.63. The van der Waals surface area contributed by atoms with E-state index in [4.69, 9.17) is 0 Å². The van der Waals surface area contributed by atoms with Gasteiger partial charge in [0.15, 0.2) is 0 Å². The molecule has 0 spiro atoms. The van der Waals surface area contributed by atoms with Crippen molar-refractivity contribution < 1.29 is 4.79 Å². The molecule has 0 aromatic heterocycles. The Morgan fingerprint density at radius 2 is 2.00 bits per heavy atom. The molecule has 1 aromatic rings. The number of fused-ring (bicyclic) bond motifs is 1. The highest BCUT2D eigenvalue weighted by molar-refractivity contribution is 14.1. The SMILES string of the molecule is O=C1c2ccccc2CN1C1CC(I)C1. The molecule has 1 heterocycles. The zero-order chi connectivity index (χ0) is 10.4. The molecule has 15 heavy (non-hydrogen) atoms. The van der Waals surface area contributed by atoms with Gasteiger partial charge in [-0.25, -0.2) is 0 Å². The molecule has 1 aromatic carbocycles. The summed E-state index contributed by atoms with van der Waals surface area (Å²) in [5.41, 5.74) is 2.11. The van der Waals surface area contributed by atoms with E-state index in [1.54, 1.807) is 0 Å². The Labute approximate surface area is 103 Å². The lowest BCUT2D eigenvalue weighted by molar-refractivity contribution is 0.0622. The summed E-state index contributed by atoms with van der Waals surface area (Å²) >= 11 is 2.46. The molecule has 1 aliphatic heterocycles. The van der Waals surface area contributed by atoms with E-state index < -0.39 is 0 Å². The number of halogens is 1. The molecule has 0 radical (unpaired) electrons. The first-order valence-corrected chi connectivity index (χ1v) is 6.53. The van der Waals surface area contributed by atoms with Crippen molar-refractivity contribution in [2.24, 2.45) is 0 Å². The van der Waals surface area contributed by atoms with Crippen LogP contribution < -0.4 is 0 Å². The van der Waals surface area contributed by atoms with Crippen molar-refractivity contribution in [3.05, 3.63) is 35.4 Å². The van der Waals surface area contributed by atoms with Gasteiger partial charge in [-0.15, -0.1) is 0 Å². The molecule has 3 rings (SSSR count). The van der Waals surface area contributed by atoms with Gasteiger partial charge < -0.3 is 4.90 Å². The smallest absolute Gasteiger partial charge is 0.254 e. The largest absolute Gasteiger partial charge is 0.331 e. The second-order valence-corrected chi connectivity index (χ2v) is 6.07. The first-order valence-electron chi connectivity index (χ1n) is 5.28. The van der Waals surface area contributed by atoms with Gasteiger partial charge in [-0.05, 0) is 24.5 Å². The minimum absolute atomic E-state index is 0.235. The van der Waals surface area contributed by atoms with Crippen molar-refractivity contribution in [2.45, 2.75) is 29.4 Å². The fourth-order valence-electron chi connectivity index (χ4n) is 2.35. The van der Waals surface area contributed by atoms with Crippen LogP contribution in [0.25, 0.3) is 0 Å². The Balaban J connectivity index is 1.84. The van der Waals surface area contributed by atoms with Crippen LogP contribution in [0, 0.1) is 0 Å². The van der Waals surface area contributed by atoms with Crippen LogP contribution in [0.15, 0.2) is 24.3 Å². The topological polar surface area (TPSA) is 20.3 Å². The molecule has 1 aliphatic carbocycles. The lowest BCUT2D eigenvalue weighted by atomic mass is 9.91. The van der Waals surface area contributed by atoms with Gasteiger partial charge in [0.05, 0.1) is 0 Å². The summed E-state index contributed by atoms with van der Waals surface area (Å²) in [6.45, 7) is 0.822. The summed E-state index contributed by atoms with van der Waals surface area (Å²) in [4.78, 5) is 14.1. The van der Waals surface area contributed by atoms with Gasteiger partial charge >= 0.3 is 0 Å². The Bertz CT molecular complexity index is 412. The number of hydrogen-bond acceptors (Lipinski definition) is 1. The fraction of sp³-hybridized carbons (Fsp3) is 0.417. The predicted molar refractivity (Wildman–Crippen MR) is 67.1 cm³/mol. The number of carbonyl (C=O) groups excluding carboxylic acids is 1. The van der Waals surface area contributed by atoms with Crippen LogP contribution in [0.1, 0.15) is 28.8 Å². The lowest BCUT2D eigenvalue weighted by Gasteiger charge is -2.38. The van der Waals surface area contributed by atoms with Gasteiger partial charge in [-0.1, -0.05) is 40.8 Å². The number of hydrogen-bond donors (Lipinski definition) is 0. The third-order valence-corrected chi connectivity index (χ3v) is 4.36. The number of rotatable bonds is 1. The van der Waals surface area contributed by atoms with Crippen LogP contribution in [0.3, 0.4) is 0 Å². The third-order valence-electron chi connectivity index (χ3n) is 3.35. The minimum atomic E-state index is 0.235. The van der Waals surface area contributed by atoms with Gasteiger partial charge in [-0.2, -0.15) is 0 Å². The maximum Gasteiger partial charge on any atom is 0.254 e. The molecule has 1 amide bonds. The quantitative estimate of drug-likeness (QED) is 0.576. The Morgan fingerprint density at radius 1 is 1.27 bits per heavy atom. The maximum absolute atomic E-state index is 12.1. The fourth-order valence-corrected chi connectivity index (χ4v) is 3.52. The monoisotopic (exact) mass is 313 g/mol. The highest BCUT2D eigenvalue weighted by Crippen LogP contribution is 2.36. The molecule has 78 valence electrons. The third kappa shape index (κ3) is 1.48. The summed E-state index contributed by atoms with van der Waals surface area (Å²) in [5.74, 6) is 0.235. The van der Waals surface area contributed by atoms with Crippen molar-refractivity contribution in [1.82, 2.24) is 4.90 Å². The molecule has 0 atom stereocenters. The number of benzene rings is 1. The Morgan fingerprint density at radius 3 is 2.67 bits per heavy atom. The standard InChI is InChI=1S/C12H12INO/c13-9-5-10(6-9)14-7-8-3-1-2-4-11(8)12(14)15/h1-4,9-10H,5-7H2. The van der Waals surface area contributed by atoms with Crippen molar-refractivity contribution >= 4 is 28.5 Å². The number of nitrogens with zero attached hydrogens (tertiary/aromatic N) is 1. The predicted octanol–water partition coefficient (Wildman–Crippen LogP) is 2.61. The zero-order valence-corrected chi connectivity index (χ0v) is 10.5. The van der Waals surface area contributed by atoms with E-state index in [0.29, 0.717) is 6.04 Å². The van der Waals surface area contributed by atoms with E-state index in [0.717, 1.165) is 16.0 Å². The molecule has 0 N–H and O–H groups in total. The molecule has 2 nitrogen and oxygen atoms in total. The summed E-state index contributed by atoms with van der Waals surface area (Å²) in [5, 5.41) is 0. The maximum atomic E-state index is 12.1. The van der Waals surface area contributed by atoms with Crippen molar-refractivity contribution in [3.8, 4) is 0 Å². The summed E-state index contributed by atoms with van der Waals surface area (Å²) in [7, 11) is 0.